The Balaban J connectivity index is 1.85. The monoisotopic (exact) mass is 474 g/mol. The quantitative estimate of drug-likeness (QED) is 0.132. The fourth-order valence-corrected chi connectivity index (χ4v) is 3.10. The first kappa shape index (κ1) is 23.6. The molecule has 0 N–H and O–H groups in total. The zero-order valence-electron chi connectivity index (χ0n) is 17.4. The average molecular weight is 475 g/mol. The van der Waals surface area contributed by atoms with E-state index in [1.165, 1.54) is 19.3 Å². The third kappa shape index (κ3) is 6.24. The fourth-order valence-electron chi connectivity index (χ4n) is 2.85. The Morgan fingerprint density at radius 3 is 2.00 bits per heavy atom. The lowest BCUT2D eigenvalue weighted by molar-refractivity contribution is -0.129. The van der Waals surface area contributed by atoms with Gasteiger partial charge in [-0.3, -0.25) is 0 Å². The van der Waals surface area contributed by atoms with Gasteiger partial charge in [0, 0.05) is 10.0 Å². The summed E-state index contributed by atoms with van der Waals surface area (Å²) in [6.07, 6.45) is 3.09. The SMILES string of the molecule is COc1cc(/C=C(\C#N)c2ccc(Cl)cc2)ccc1OC(=O)/C(C#N)=C/c1ccc(Cl)cc1. The Hall–Kier alpha value is -4.03. The normalized spacial score (nSPS) is 11.3. The van der Waals surface area contributed by atoms with Gasteiger partial charge in [0.2, 0.25) is 0 Å². The minimum absolute atomic E-state index is 0.141. The van der Waals surface area contributed by atoms with E-state index in [0.717, 1.165) is 0 Å². The minimum Gasteiger partial charge on any atom is -0.493 e. The standard InChI is InChI=1S/C26H16Cl2N2O3/c1-32-25-14-18(13-20(15-29)19-5-9-23(28)10-6-19)4-11-24(25)33-26(31)21(16-30)12-17-2-7-22(27)8-3-17/h2-14H,1H3/b20-13+,21-12+. The number of ether oxygens (including phenoxy) is 2. The van der Waals surface area contributed by atoms with Crippen LogP contribution in [0.3, 0.4) is 0 Å². The molecule has 3 aromatic rings. The van der Waals surface area contributed by atoms with E-state index < -0.39 is 5.97 Å². The third-order valence-electron chi connectivity index (χ3n) is 4.50. The number of benzene rings is 3. The summed E-state index contributed by atoms with van der Waals surface area (Å²) in [5.74, 6) is -0.413. The molecule has 0 saturated heterocycles. The number of methoxy groups -OCH3 is 1. The van der Waals surface area contributed by atoms with Gasteiger partial charge in [-0.15, -0.1) is 0 Å². The Bertz CT molecular complexity index is 1310. The van der Waals surface area contributed by atoms with Crippen LogP contribution in [0.4, 0.5) is 0 Å². The van der Waals surface area contributed by atoms with Gasteiger partial charge in [-0.25, -0.2) is 4.79 Å². The number of esters is 1. The van der Waals surface area contributed by atoms with Gasteiger partial charge in [0.1, 0.15) is 11.6 Å². The van der Waals surface area contributed by atoms with E-state index in [2.05, 4.69) is 6.07 Å². The number of hydrogen-bond acceptors (Lipinski definition) is 5. The van der Waals surface area contributed by atoms with Crippen molar-refractivity contribution in [2.75, 3.05) is 7.11 Å². The lowest BCUT2D eigenvalue weighted by Gasteiger charge is -2.10. The molecule has 3 rings (SSSR count). The Kier molecular flexibility index (Phi) is 7.89. The van der Waals surface area contributed by atoms with Gasteiger partial charge < -0.3 is 9.47 Å². The van der Waals surface area contributed by atoms with Gasteiger partial charge in [0.25, 0.3) is 0 Å². The molecule has 0 aliphatic carbocycles. The smallest absolute Gasteiger partial charge is 0.354 e. The van der Waals surface area contributed by atoms with Crippen LogP contribution in [0.15, 0.2) is 72.3 Å². The Morgan fingerprint density at radius 2 is 1.42 bits per heavy atom. The molecule has 0 bridgehead atoms. The van der Waals surface area contributed by atoms with Crippen LogP contribution in [0.1, 0.15) is 16.7 Å². The number of halogens is 2. The molecule has 0 saturated carbocycles. The van der Waals surface area contributed by atoms with Gasteiger partial charge in [-0.05, 0) is 65.2 Å². The van der Waals surface area contributed by atoms with Crippen molar-refractivity contribution < 1.29 is 14.3 Å². The summed E-state index contributed by atoms with van der Waals surface area (Å²) in [5.41, 5.74) is 2.25. The predicted octanol–water partition coefficient (Wildman–Crippen LogP) is 6.58. The summed E-state index contributed by atoms with van der Waals surface area (Å²) in [6, 6.07) is 22.4. The molecule has 0 amide bonds. The molecule has 0 aliphatic heterocycles. The molecule has 0 aromatic heterocycles. The molecule has 33 heavy (non-hydrogen) atoms. The Morgan fingerprint density at radius 1 is 0.818 bits per heavy atom. The molecule has 7 heteroatoms. The van der Waals surface area contributed by atoms with Crippen LogP contribution in [0.2, 0.25) is 10.0 Å². The van der Waals surface area contributed by atoms with Gasteiger partial charge >= 0.3 is 5.97 Å². The summed E-state index contributed by atoms with van der Waals surface area (Å²) in [5, 5.41) is 20.0. The number of carbonyl (C=O) groups excluding carboxylic acids is 1. The molecular formula is C26H16Cl2N2O3. The highest BCUT2D eigenvalue weighted by atomic mass is 35.5. The van der Waals surface area contributed by atoms with Crippen molar-refractivity contribution in [3.63, 3.8) is 0 Å². The number of allylic oxidation sites excluding steroid dienone is 1. The van der Waals surface area contributed by atoms with E-state index >= 15 is 0 Å². The molecule has 0 spiro atoms. The van der Waals surface area contributed by atoms with Crippen LogP contribution in [0.25, 0.3) is 17.7 Å². The van der Waals surface area contributed by atoms with E-state index in [4.69, 9.17) is 32.7 Å². The third-order valence-corrected chi connectivity index (χ3v) is 5.00. The number of hydrogen-bond donors (Lipinski definition) is 0. The fraction of sp³-hybridized carbons (Fsp3) is 0.0385. The maximum atomic E-state index is 12.5. The zero-order valence-corrected chi connectivity index (χ0v) is 18.9. The second-order valence-electron chi connectivity index (χ2n) is 6.70. The van der Waals surface area contributed by atoms with Gasteiger partial charge in [0.05, 0.1) is 18.8 Å². The summed E-state index contributed by atoms with van der Waals surface area (Å²) in [4.78, 5) is 12.5. The van der Waals surface area contributed by atoms with Crippen molar-refractivity contribution in [2.45, 2.75) is 0 Å². The van der Waals surface area contributed by atoms with E-state index in [9.17, 15) is 15.3 Å². The van der Waals surface area contributed by atoms with Gasteiger partial charge in [-0.2, -0.15) is 10.5 Å². The molecule has 0 atom stereocenters. The molecule has 0 fully saturated rings. The molecule has 5 nitrogen and oxygen atoms in total. The molecule has 3 aromatic carbocycles. The second kappa shape index (κ2) is 11.0. The van der Waals surface area contributed by atoms with Crippen LogP contribution < -0.4 is 9.47 Å². The van der Waals surface area contributed by atoms with Gasteiger partial charge in [0.15, 0.2) is 11.5 Å². The Labute approximate surface area is 201 Å². The average Bonchev–Trinajstić information content (AvgIpc) is 2.83. The maximum absolute atomic E-state index is 12.5. The predicted molar refractivity (Wildman–Crippen MR) is 129 cm³/mol. The molecule has 0 radical (unpaired) electrons. The van der Waals surface area contributed by atoms with Crippen molar-refractivity contribution in [1.82, 2.24) is 0 Å². The minimum atomic E-state index is -0.826. The highest BCUT2D eigenvalue weighted by molar-refractivity contribution is 6.30. The highest BCUT2D eigenvalue weighted by Gasteiger charge is 2.16. The lowest BCUT2D eigenvalue weighted by Crippen LogP contribution is -2.11. The molecule has 0 unspecified atom stereocenters. The summed E-state index contributed by atoms with van der Waals surface area (Å²) in [6.45, 7) is 0. The first-order chi connectivity index (χ1) is 15.9. The topological polar surface area (TPSA) is 83.1 Å². The zero-order chi connectivity index (χ0) is 23.8. The summed E-state index contributed by atoms with van der Waals surface area (Å²) in [7, 11) is 1.43. The first-order valence-electron chi connectivity index (χ1n) is 9.59. The van der Waals surface area contributed by atoms with E-state index in [0.29, 0.717) is 32.3 Å². The number of carbonyl (C=O) groups is 1. The summed E-state index contributed by atoms with van der Waals surface area (Å²) >= 11 is 11.8. The molecule has 0 heterocycles. The van der Waals surface area contributed by atoms with Crippen molar-refractivity contribution in [3.05, 3.63) is 99.0 Å². The van der Waals surface area contributed by atoms with Crippen molar-refractivity contribution >= 4 is 46.9 Å². The van der Waals surface area contributed by atoms with E-state index in [-0.39, 0.29) is 17.1 Å². The summed E-state index contributed by atoms with van der Waals surface area (Å²) < 4.78 is 10.7. The van der Waals surface area contributed by atoms with Crippen LogP contribution in [0, 0.1) is 22.7 Å². The second-order valence-corrected chi connectivity index (χ2v) is 7.57. The highest BCUT2D eigenvalue weighted by Crippen LogP contribution is 2.31. The van der Waals surface area contributed by atoms with Gasteiger partial charge in [-0.1, -0.05) is 53.5 Å². The van der Waals surface area contributed by atoms with Crippen LogP contribution >= 0.6 is 23.2 Å². The molecule has 162 valence electrons. The van der Waals surface area contributed by atoms with Crippen LogP contribution in [-0.2, 0) is 4.79 Å². The maximum Gasteiger partial charge on any atom is 0.354 e. The molecular weight excluding hydrogens is 459 g/mol. The number of rotatable bonds is 6. The largest absolute Gasteiger partial charge is 0.493 e. The van der Waals surface area contributed by atoms with Crippen molar-refractivity contribution in [1.29, 1.82) is 10.5 Å². The lowest BCUT2D eigenvalue weighted by atomic mass is 10.0. The van der Waals surface area contributed by atoms with Crippen LogP contribution in [0.5, 0.6) is 11.5 Å². The van der Waals surface area contributed by atoms with Crippen LogP contribution in [-0.4, -0.2) is 13.1 Å². The number of nitrogens with zero attached hydrogens (tertiary/aromatic N) is 2. The van der Waals surface area contributed by atoms with Crippen molar-refractivity contribution in [3.8, 4) is 23.6 Å². The van der Waals surface area contributed by atoms with E-state index in [1.54, 1.807) is 66.7 Å². The van der Waals surface area contributed by atoms with Crippen molar-refractivity contribution in [2.24, 2.45) is 0 Å². The van der Waals surface area contributed by atoms with E-state index in [1.807, 2.05) is 6.07 Å². The number of nitriles is 2. The first-order valence-corrected chi connectivity index (χ1v) is 10.3. The molecule has 0 aliphatic rings.